The van der Waals surface area contributed by atoms with Crippen LogP contribution in [0.2, 0.25) is 0 Å². The second kappa shape index (κ2) is 35.3. The van der Waals surface area contributed by atoms with Crippen LogP contribution >= 0.6 is 0 Å². The monoisotopic (exact) mass is 1700 g/mol. The van der Waals surface area contributed by atoms with E-state index in [1.165, 1.54) is 0 Å². The molecule has 636 valence electrons. The average molecular weight is 1700 g/mol. The van der Waals surface area contributed by atoms with Crippen molar-refractivity contribution in [3.63, 3.8) is 0 Å². The number of hydrogen-bond donors (Lipinski definition) is 0. The molecule has 0 saturated carbocycles. The second-order valence-electron chi connectivity index (χ2n) is 34.7. The quantitative estimate of drug-likeness (QED) is 0.0954. The fourth-order valence-corrected chi connectivity index (χ4v) is 18.1. The third-order valence-corrected chi connectivity index (χ3v) is 25.5. The molecule has 0 saturated heterocycles. The highest BCUT2D eigenvalue weighted by molar-refractivity contribution is 6.20. The van der Waals surface area contributed by atoms with Crippen LogP contribution in [0.4, 0.5) is 22.7 Å². The van der Waals surface area contributed by atoms with Crippen molar-refractivity contribution in [2.24, 2.45) is 28.2 Å². The smallest absolute Gasteiger partial charge is 0.216 e. The number of aromatic nitrogens is 4. The first kappa shape index (κ1) is 80.2. The summed E-state index contributed by atoms with van der Waals surface area (Å²) in [6.07, 6.45) is 0. The molecule has 130 heavy (non-hydrogen) atoms. The molecule has 8 heterocycles. The van der Waals surface area contributed by atoms with E-state index < -0.39 is 17.7 Å². The zero-order valence-corrected chi connectivity index (χ0v) is 77.0. The number of hydrogen-bond acceptors (Lipinski definition) is 4. The predicted molar refractivity (Wildman–Crippen MR) is 533 cm³/mol. The zero-order chi connectivity index (χ0) is 96.0. The molecule has 8 aromatic heterocycles. The average Bonchev–Trinajstić information content (AvgIpc) is 1.61. The van der Waals surface area contributed by atoms with Gasteiger partial charge in [0.2, 0.25) is 22.8 Å². The number of pyridine rings is 4. The summed E-state index contributed by atoms with van der Waals surface area (Å²) in [4.78, 5) is 14.7. The third kappa shape index (κ3) is 15.9. The highest BCUT2D eigenvalue weighted by Crippen LogP contribution is 2.50. The van der Waals surface area contributed by atoms with Gasteiger partial charge in [-0.15, -0.1) is 0 Å². The van der Waals surface area contributed by atoms with E-state index >= 15 is 0 Å². The van der Waals surface area contributed by atoms with Crippen LogP contribution in [0.5, 0.6) is 0 Å². The summed E-state index contributed by atoms with van der Waals surface area (Å²) in [5, 5.41) is 8.03. The zero-order valence-electron chi connectivity index (χ0n) is 82.0. The first-order valence-electron chi connectivity index (χ1n) is 46.1. The van der Waals surface area contributed by atoms with Crippen molar-refractivity contribution in [1.29, 1.82) is 0 Å². The summed E-state index contributed by atoms with van der Waals surface area (Å²) in [5.74, 6) is -2.14. The molecule has 20 rings (SSSR count). The lowest BCUT2D eigenvalue weighted by Crippen LogP contribution is -2.35. The molecule has 0 atom stereocenters. The summed E-state index contributed by atoms with van der Waals surface area (Å²) in [6.45, 7) is 60.0. The lowest BCUT2D eigenvalue weighted by molar-refractivity contribution is -0.666. The van der Waals surface area contributed by atoms with Gasteiger partial charge in [-0.2, -0.15) is 18.3 Å². The number of benzene rings is 12. The first-order valence-corrected chi connectivity index (χ1v) is 43.6. The van der Waals surface area contributed by atoms with Crippen LogP contribution in [-0.2, 0) is 28.2 Å². The summed E-state index contributed by atoms with van der Waals surface area (Å²) in [6, 6.07) is 85.9. The molecule has 20 aromatic rings. The van der Waals surface area contributed by atoms with E-state index in [4.69, 9.17) is 50.8 Å². The first-order chi connectivity index (χ1) is 64.4. The number of nitrogens with zero attached hydrogens (tertiary/aromatic N) is 8. The van der Waals surface area contributed by atoms with E-state index in [0.29, 0.717) is 68.3 Å². The van der Waals surface area contributed by atoms with Gasteiger partial charge in [0, 0.05) is 123 Å². The molecule has 0 amide bonds. The van der Waals surface area contributed by atoms with Crippen molar-refractivity contribution >= 4 is 111 Å². The van der Waals surface area contributed by atoms with Gasteiger partial charge in [0.05, 0.1) is 51.3 Å². The molecule has 12 aromatic carbocycles. The van der Waals surface area contributed by atoms with Crippen molar-refractivity contribution in [2.45, 2.75) is 122 Å². The second-order valence-corrected chi connectivity index (χ2v) is 34.7. The summed E-state index contributed by atoms with van der Waals surface area (Å²) in [5.41, 5.74) is 36.1. The van der Waals surface area contributed by atoms with E-state index in [9.17, 15) is 0 Å². The lowest BCUT2D eigenvalue weighted by atomic mass is 9.91. The van der Waals surface area contributed by atoms with Crippen LogP contribution < -0.4 is 18.3 Å². The van der Waals surface area contributed by atoms with Crippen LogP contribution in [0.25, 0.3) is 197 Å². The van der Waals surface area contributed by atoms with Crippen LogP contribution in [0.1, 0.15) is 133 Å². The molecule has 0 radical (unpaired) electrons. The molecule has 0 aliphatic rings. The molecule has 0 N–H and O–H groups in total. The normalized spacial score (nSPS) is 12.2. The fraction of sp³-hybridized carbons (Fsp3) is 0.186. The van der Waals surface area contributed by atoms with E-state index in [-0.39, 0.29) is 0 Å². The lowest BCUT2D eigenvalue weighted by Gasteiger charge is -2.13. The van der Waals surface area contributed by atoms with E-state index in [2.05, 4.69) is 211 Å². The number of rotatable bonds is 11. The molecule has 0 bridgehead atoms. The Bertz CT molecular complexity index is 8420. The molecule has 0 spiro atoms. The van der Waals surface area contributed by atoms with Gasteiger partial charge in [0.15, 0.2) is 45.5 Å². The van der Waals surface area contributed by atoms with Crippen LogP contribution in [0.3, 0.4) is 0 Å². The minimum atomic E-state index is -0.719. The standard InChI is InChI=1S/3C30H27N2O.C28H23N2O/c1-18(2)22-15-20(4)32(6)26(16-22)28-19(3)14-25(21-10-8-7-9-11-21)29-24-13-12-23(31-5)17-27(24)33-30(28)29;1-18(2)22-14-20(4)32(6)26(15-22)28-19(3)12-13-24-29-25(21-10-8-7-9-11-21)16-23(31-5)17-27(29)33-30(24)28;1-18(2)22-14-20(4)32(6)27(15-22)29-19(3)12-13-23-25-16-24(21-10-8-7-9-11-21)26(31-5)17-28(25)33-30(23)29;1-17-13-19(3)30(5)24(14-17)26-18(2)15-23(20-9-7-6-8-10-20)27-22-12-11-21(29-4)16-25(22)31-28(26)27/h3*7-18H,1-4,6H3;6-16H,1-3,5H3/q4*+1/i3*18D;13D,14D. The fourth-order valence-electron chi connectivity index (χ4n) is 18.1. The van der Waals surface area contributed by atoms with Crippen LogP contribution in [-0.4, -0.2) is 0 Å². The highest BCUT2D eigenvalue weighted by atomic mass is 16.3. The van der Waals surface area contributed by atoms with Gasteiger partial charge in [-0.25, -0.2) is 19.4 Å². The van der Waals surface area contributed by atoms with Crippen molar-refractivity contribution in [1.82, 2.24) is 0 Å². The van der Waals surface area contributed by atoms with Gasteiger partial charge >= 0.3 is 0 Å². The van der Waals surface area contributed by atoms with Gasteiger partial charge < -0.3 is 17.7 Å². The maximum absolute atomic E-state index is 8.88. The van der Waals surface area contributed by atoms with Gasteiger partial charge in [-0.05, 0) is 184 Å². The van der Waals surface area contributed by atoms with Crippen LogP contribution in [0, 0.1) is 88.6 Å². The van der Waals surface area contributed by atoms with E-state index in [0.717, 1.165) is 211 Å². The SMILES string of the molecule is [2H]C(C)(C)c1cc(C)[n+](C)c(-c2c(C)cc(-c3ccccc3)c3c2oc2cc([N+]#[C-])ccc23)c1.[2H]C(C)(C)c1cc(C)[n+](C)c(-c2c(C)ccc3c2oc2cc([N+]#[C-])c(-c4ccccc4)cc23)c1.[2H]C(C)(C)c1cc(C)[n+](C)c(-c2c(C)ccc3c2oc2cc([N+]#[C-])cc(-c4ccccc4)c23)c1.[2H]c1c(C)c([2H])c(-c2c(C)cc(-c3ccccc3)c3c2oc2cc([N+]#[C-])ccc23)[n+](C)c1C. The molecule has 0 unspecified atom stereocenters. The van der Waals surface area contributed by atoms with Gasteiger partial charge in [-0.1, -0.05) is 217 Å². The third-order valence-electron chi connectivity index (χ3n) is 25.5. The summed E-state index contributed by atoms with van der Waals surface area (Å²) in [7, 11) is 8.06. The maximum Gasteiger partial charge on any atom is 0.216 e. The predicted octanol–water partition coefficient (Wildman–Crippen LogP) is 31.3. The summed E-state index contributed by atoms with van der Waals surface area (Å²) < 4.78 is 77.5. The van der Waals surface area contributed by atoms with Crippen molar-refractivity contribution < 1.29 is 42.8 Å². The minimum absolute atomic E-state index is 0.326. The Labute approximate surface area is 767 Å². The molecule has 0 aliphatic heterocycles. The Kier molecular flexibility index (Phi) is 21.8. The minimum Gasteiger partial charge on any atom is -0.456 e. The molecular weight excluding hydrogens is 1590 g/mol. The van der Waals surface area contributed by atoms with Gasteiger partial charge in [-0.3, -0.25) is 0 Å². The molecular formula is C118H104N8O4+4. The number of fused-ring (bicyclic) bond motifs is 12. The largest absolute Gasteiger partial charge is 0.456 e. The molecule has 0 fully saturated rings. The van der Waals surface area contributed by atoms with E-state index in [1.54, 1.807) is 6.07 Å². The van der Waals surface area contributed by atoms with Crippen molar-refractivity contribution in [3.05, 3.63) is 380 Å². The number of aryl methyl sites for hydroxylation is 7. The van der Waals surface area contributed by atoms with E-state index in [1.807, 2.05) is 207 Å². The van der Waals surface area contributed by atoms with Crippen molar-refractivity contribution in [2.75, 3.05) is 0 Å². The van der Waals surface area contributed by atoms with Gasteiger partial charge in [0.1, 0.15) is 72.9 Å². The Hall–Kier alpha value is -15.6. The van der Waals surface area contributed by atoms with Crippen LogP contribution in [0.15, 0.2) is 285 Å². The summed E-state index contributed by atoms with van der Waals surface area (Å²) >= 11 is 0. The van der Waals surface area contributed by atoms with Crippen molar-refractivity contribution in [3.8, 4) is 89.5 Å². The Morgan fingerprint density at radius 2 is 0.631 bits per heavy atom. The number of furan rings is 4. The maximum atomic E-state index is 8.88. The highest BCUT2D eigenvalue weighted by Gasteiger charge is 2.32. The Balaban J connectivity index is 0.000000125. The Morgan fingerprint density at radius 1 is 0.285 bits per heavy atom. The van der Waals surface area contributed by atoms with Gasteiger partial charge in [0.25, 0.3) is 0 Å². The Morgan fingerprint density at radius 3 is 1.05 bits per heavy atom. The molecule has 0 aliphatic carbocycles. The molecule has 12 nitrogen and oxygen atoms in total. The molecule has 12 heteroatoms. The topological polar surface area (TPSA) is 85.5 Å².